The van der Waals surface area contributed by atoms with Gasteiger partial charge in [-0.2, -0.15) is 0 Å². The molecular weight excluding hydrogens is 498 g/mol. The average molecular weight is 534 g/mol. The molecule has 11 nitrogen and oxygen atoms in total. The van der Waals surface area contributed by atoms with Crippen LogP contribution in [0.5, 0.6) is 11.5 Å². The highest BCUT2D eigenvalue weighted by Crippen LogP contribution is 2.65. The molecule has 38 heavy (non-hydrogen) atoms. The molecule has 208 valence electrons. The van der Waals surface area contributed by atoms with Crippen LogP contribution in [0.4, 0.5) is 0 Å². The fourth-order valence-corrected chi connectivity index (χ4v) is 7.53. The van der Waals surface area contributed by atoms with E-state index >= 15 is 0 Å². The predicted octanol–water partition coefficient (Wildman–Crippen LogP) is 1.53. The van der Waals surface area contributed by atoms with Crippen molar-refractivity contribution in [3.05, 3.63) is 23.3 Å². The van der Waals surface area contributed by atoms with E-state index in [9.17, 15) is 19.8 Å². The summed E-state index contributed by atoms with van der Waals surface area (Å²) in [4.78, 5) is 28.4. The lowest BCUT2D eigenvalue weighted by Gasteiger charge is -2.41. The van der Waals surface area contributed by atoms with E-state index in [0.717, 1.165) is 30.5 Å². The monoisotopic (exact) mass is 533 g/mol. The Kier molecular flexibility index (Phi) is 5.79. The number of benzene rings is 1. The first-order chi connectivity index (χ1) is 17.9. The summed E-state index contributed by atoms with van der Waals surface area (Å²) in [7, 11) is 2.71. The van der Waals surface area contributed by atoms with Crippen LogP contribution in [0.1, 0.15) is 69.1 Å². The molecule has 6 atom stereocenters. The van der Waals surface area contributed by atoms with E-state index in [1.165, 1.54) is 28.1 Å². The van der Waals surface area contributed by atoms with Gasteiger partial charge in [-0.15, -0.1) is 0 Å². The van der Waals surface area contributed by atoms with Crippen LogP contribution < -0.4 is 9.47 Å². The Balaban J connectivity index is 1.45. The van der Waals surface area contributed by atoms with E-state index in [-0.39, 0.29) is 18.8 Å². The van der Waals surface area contributed by atoms with Crippen molar-refractivity contribution in [2.24, 2.45) is 0 Å². The van der Waals surface area contributed by atoms with Crippen molar-refractivity contribution in [3.63, 3.8) is 0 Å². The molecule has 6 aliphatic rings. The number of carbonyl (C=O) groups excluding carboxylic acids is 2. The van der Waals surface area contributed by atoms with Gasteiger partial charge in [0, 0.05) is 38.0 Å². The second kappa shape index (κ2) is 8.53. The van der Waals surface area contributed by atoms with E-state index < -0.39 is 53.4 Å². The Morgan fingerprint density at radius 1 is 1.16 bits per heavy atom. The predicted molar refractivity (Wildman–Crippen MR) is 129 cm³/mol. The van der Waals surface area contributed by atoms with Crippen molar-refractivity contribution in [1.29, 1.82) is 0 Å². The van der Waals surface area contributed by atoms with Crippen molar-refractivity contribution in [3.8, 4) is 11.5 Å². The highest BCUT2D eigenvalue weighted by Gasteiger charge is 2.72. The maximum absolute atomic E-state index is 13.8. The zero-order valence-electron chi connectivity index (χ0n) is 22.2. The number of aliphatic hydroxyl groups is 2. The summed E-state index contributed by atoms with van der Waals surface area (Å²) in [5.74, 6) is -2.20. The Labute approximate surface area is 220 Å². The third-order valence-corrected chi connectivity index (χ3v) is 8.87. The Morgan fingerprint density at radius 2 is 1.87 bits per heavy atom. The summed E-state index contributed by atoms with van der Waals surface area (Å²) in [6.07, 6.45) is -0.0777. The van der Waals surface area contributed by atoms with Gasteiger partial charge in [0.2, 0.25) is 12.6 Å². The molecule has 11 heteroatoms. The van der Waals surface area contributed by atoms with Crippen molar-refractivity contribution in [1.82, 2.24) is 4.90 Å². The number of hydrogen-bond acceptors (Lipinski definition) is 11. The zero-order chi connectivity index (χ0) is 27.1. The number of ether oxygens (including phenoxy) is 6. The minimum atomic E-state index is -2.32. The lowest BCUT2D eigenvalue weighted by atomic mass is 9.78. The molecule has 0 aromatic heterocycles. The van der Waals surface area contributed by atoms with Crippen LogP contribution in [0.15, 0.2) is 12.1 Å². The van der Waals surface area contributed by atoms with Gasteiger partial charge < -0.3 is 38.6 Å². The first-order valence-corrected chi connectivity index (χ1v) is 13.1. The molecule has 4 bridgehead atoms. The van der Waals surface area contributed by atoms with Crippen molar-refractivity contribution in [2.45, 2.75) is 86.6 Å². The molecule has 3 fully saturated rings. The number of rotatable bonds is 7. The van der Waals surface area contributed by atoms with Crippen LogP contribution in [-0.4, -0.2) is 89.8 Å². The Bertz CT molecular complexity index is 1170. The van der Waals surface area contributed by atoms with E-state index in [4.69, 9.17) is 28.4 Å². The minimum Gasteiger partial charge on any atom is -0.469 e. The summed E-state index contributed by atoms with van der Waals surface area (Å²) in [5.41, 5.74) is -2.31. The fraction of sp³-hybridized carbons (Fsp3) is 0.704. The third kappa shape index (κ3) is 3.74. The standard InChI is InChI=1S/C27H35NO10/c1-24(2,31)12-26(32,10-20(29)33-3)23(30)37-22-21-16-9-18-17(35-14-36-18)8-15(16)19-11-28-7-5-6-25(21,28)13-27(22,34-4)38-19/h8-9,19,21-22,31-32H,5-7,10-14H2,1-4H3/t19-,21+,22?,25-,26?,27+/m0/s1. The summed E-state index contributed by atoms with van der Waals surface area (Å²) in [6.45, 7) is 4.57. The lowest BCUT2D eigenvalue weighted by Crippen LogP contribution is -2.53. The van der Waals surface area contributed by atoms with Crippen LogP contribution in [-0.2, 0) is 28.5 Å². The van der Waals surface area contributed by atoms with Crippen LogP contribution in [0.25, 0.3) is 0 Å². The molecule has 1 aromatic carbocycles. The summed E-state index contributed by atoms with van der Waals surface area (Å²) in [6, 6.07) is 3.90. The van der Waals surface area contributed by atoms with Crippen LogP contribution >= 0.6 is 0 Å². The second-order valence-electron chi connectivity index (χ2n) is 11.9. The van der Waals surface area contributed by atoms with E-state index in [0.29, 0.717) is 24.5 Å². The number of carbonyl (C=O) groups is 2. The fourth-order valence-electron chi connectivity index (χ4n) is 7.53. The summed E-state index contributed by atoms with van der Waals surface area (Å²) >= 11 is 0. The normalized spacial score (nSPS) is 34.3. The van der Waals surface area contributed by atoms with Gasteiger partial charge in [0.05, 0.1) is 25.2 Å². The molecule has 5 heterocycles. The number of nitrogens with zero attached hydrogens (tertiary/aromatic N) is 1. The first kappa shape index (κ1) is 25.8. The van der Waals surface area contributed by atoms with Gasteiger partial charge in [-0.1, -0.05) is 0 Å². The van der Waals surface area contributed by atoms with Crippen molar-refractivity contribution >= 4 is 11.9 Å². The molecule has 0 radical (unpaired) electrons. The van der Waals surface area contributed by atoms with Gasteiger partial charge >= 0.3 is 11.9 Å². The minimum absolute atomic E-state index is 0.129. The Hall–Kier alpha value is -2.44. The van der Waals surface area contributed by atoms with Crippen LogP contribution in [0.2, 0.25) is 0 Å². The zero-order valence-corrected chi connectivity index (χ0v) is 22.2. The number of hydrogen-bond donors (Lipinski definition) is 2. The number of methoxy groups -OCH3 is 2. The highest BCUT2D eigenvalue weighted by atomic mass is 16.7. The van der Waals surface area contributed by atoms with Crippen LogP contribution in [0.3, 0.4) is 0 Å². The maximum atomic E-state index is 13.8. The van der Waals surface area contributed by atoms with Crippen LogP contribution in [0, 0.1) is 0 Å². The lowest BCUT2D eigenvalue weighted by molar-refractivity contribution is -0.285. The third-order valence-electron chi connectivity index (χ3n) is 8.87. The molecule has 7 rings (SSSR count). The number of esters is 2. The van der Waals surface area contributed by atoms with Gasteiger partial charge in [0.1, 0.15) is 0 Å². The van der Waals surface area contributed by atoms with E-state index in [2.05, 4.69) is 4.90 Å². The molecule has 2 saturated heterocycles. The van der Waals surface area contributed by atoms with E-state index in [1.807, 2.05) is 12.1 Å². The molecule has 0 amide bonds. The molecule has 2 N–H and O–H groups in total. The SMILES string of the molecule is COC(=O)CC(O)(CC(C)(C)O)C(=O)OC1[C@H]2c3cc4c(cc3[C@@H]3CN5CCC[C@]25C[C@@]1(OC)O3)OCO4. The van der Waals surface area contributed by atoms with Gasteiger partial charge in [-0.3, -0.25) is 9.69 Å². The summed E-state index contributed by atoms with van der Waals surface area (Å²) in [5, 5.41) is 21.9. The molecule has 1 spiro atoms. The van der Waals surface area contributed by atoms with Gasteiger partial charge in [-0.25, -0.2) is 4.79 Å². The van der Waals surface area contributed by atoms with Gasteiger partial charge in [0.25, 0.3) is 0 Å². The maximum Gasteiger partial charge on any atom is 0.339 e. The molecule has 1 aromatic rings. The van der Waals surface area contributed by atoms with Crippen molar-refractivity contribution in [2.75, 3.05) is 34.1 Å². The Morgan fingerprint density at radius 3 is 2.53 bits per heavy atom. The second-order valence-corrected chi connectivity index (χ2v) is 11.9. The van der Waals surface area contributed by atoms with Crippen molar-refractivity contribution < 1.29 is 48.2 Å². The molecular formula is C27H35NO10. The van der Waals surface area contributed by atoms with Gasteiger partial charge in [0.15, 0.2) is 23.2 Å². The smallest absolute Gasteiger partial charge is 0.339 e. The topological polar surface area (TPSA) is 133 Å². The average Bonchev–Trinajstić information content (AvgIpc) is 3.47. The summed E-state index contributed by atoms with van der Waals surface area (Å²) < 4.78 is 35.1. The van der Waals surface area contributed by atoms with E-state index in [1.54, 1.807) is 0 Å². The largest absolute Gasteiger partial charge is 0.469 e. The number of fused-ring (bicyclic) bond motifs is 1. The highest BCUT2D eigenvalue weighted by molar-refractivity contribution is 5.86. The molecule has 5 aliphatic heterocycles. The quantitative estimate of drug-likeness (QED) is 0.495. The first-order valence-electron chi connectivity index (χ1n) is 13.1. The molecule has 1 saturated carbocycles. The van der Waals surface area contributed by atoms with Gasteiger partial charge in [-0.05, 0) is 56.5 Å². The molecule has 1 aliphatic carbocycles. The molecule has 2 unspecified atom stereocenters.